The van der Waals surface area contributed by atoms with Crippen LogP contribution in [0.15, 0.2) is 23.6 Å². The number of phenols is 2. The van der Waals surface area contributed by atoms with Gasteiger partial charge in [-0.05, 0) is 12.1 Å². The number of hydrogen-bond donors (Lipinski definition) is 3. The van der Waals surface area contributed by atoms with Gasteiger partial charge < -0.3 is 15.3 Å². The first-order chi connectivity index (χ1) is 7.58. The number of aromatic carboxylic acids is 1. The maximum absolute atomic E-state index is 10.6. The van der Waals surface area contributed by atoms with Gasteiger partial charge in [0.05, 0.1) is 5.56 Å². The van der Waals surface area contributed by atoms with E-state index < -0.39 is 5.97 Å². The summed E-state index contributed by atoms with van der Waals surface area (Å²) < 4.78 is 0. The summed E-state index contributed by atoms with van der Waals surface area (Å²) in [5, 5.41) is 29.1. The monoisotopic (exact) mass is 237 g/mol. The molecule has 16 heavy (non-hydrogen) atoms. The first kappa shape index (κ1) is 10.4. The average Bonchev–Trinajstić information content (AvgIpc) is 2.66. The van der Waals surface area contributed by atoms with E-state index in [0.29, 0.717) is 10.6 Å². The molecule has 0 aliphatic carbocycles. The summed E-state index contributed by atoms with van der Waals surface area (Å²) in [6.07, 6.45) is 0. The van der Waals surface area contributed by atoms with Gasteiger partial charge in [-0.3, -0.25) is 0 Å². The number of thiazole rings is 1. The number of carbonyl (C=O) groups is 1. The van der Waals surface area contributed by atoms with Gasteiger partial charge in [-0.2, -0.15) is 0 Å². The van der Waals surface area contributed by atoms with Gasteiger partial charge in [0, 0.05) is 11.4 Å². The molecular weight excluding hydrogens is 230 g/mol. The number of aromatic nitrogens is 1. The molecular formula is C10H7NO4S. The number of nitrogens with zero attached hydrogens (tertiary/aromatic N) is 1. The summed E-state index contributed by atoms with van der Waals surface area (Å²) >= 11 is 1.12. The number of rotatable bonds is 2. The minimum Gasteiger partial charge on any atom is -0.508 e. The fourth-order valence-electron chi connectivity index (χ4n) is 1.20. The Morgan fingerprint density at radius 3 is 2.62 bits per heavy atom. The SMILES string of the molecule is O=C(O)c1csc(-c2ccc(O)cc2O)n1. The van der Waals surface area contributed by atoms with Crippen molar-refractivity contribution in [3.8, 4) is 22.1 Å². The van der Waals surface area contributed by atoms with Crippen molar-refractivity contribution in [2.24, 2.45) is 0 Å². The molecule has 0 unspecified atom stereocenters. The Hall–Kier alpha value is -2.08. The van der Waals surface area contributed by atoms with Crippen molar-refractivity contribution in [1.29, 1.82) is 0 Å². The van der Waals surface area contributed by atoms with Crippen LogP contribution in [0.25, 0.3) is 10.6 Å². The van der Waals surface area contributed by atoms with Crippen LogP contribution >= 0.6 is 11.3 Å². The van der Waals surface area contributed by atoms with E-state index in [-0.39, 0.29) is 17.2 Å². The molecule has 1 aromatic carbocycles. The second-order valence-electron chi connectivity index (χ2n) is 3.04. The van der Waals surface area contributed by atoms with E-state index in [2.05, 4.69) is 4.98 Å². The summed E-state index contributed by atoms with van der Waals surface area (Å²) in [6, 6.07) is 4.06. The van der Waals surface area contributed by atoms with Gasteiger partial charge in [0.1, 0.15) is 16.5 Å². The molecule has 2 aromatic rings. The highest BCUT2D eigenvalue weighted by Gasteiger charge is 2.13. The zero-order valence-corrected chi connectivity index (χ0v) is 8.73. The first-order valence-electron chi connectivity index (χ1n) is 4.29. The van der Waals surface area contributed by atoms with E-state index >= 15 is 0 Å². The molecule has 0 radical (unpaired) electrons. The maximum atomic E-state index is 10.6. The summed E-state index contributed by atoms with van der Waals surface area (Å²) in [5.41, 5.74) is 0.336. The van der Waals surface area contributed by atoms with Crippen molar-refractivity contribution in [2.75, 3.05) is 0 Å². The molecule has 0 atom stereocenters. The van der Waals surface area contributed by atoms with Crippen LogP contribution in [0.2, 0.25) is 0 Å². The Morgan fingerprint density at radius 1 is 1.31 bits per heavy atom. The highest BCUT2D eigenvalue weighted by atomic mass is 32.1. The minimum atomic E-state index is -1.11. The number of carboxylic acids is 1. The molecule has 0 spiro atoms. The van der Waals surface area contributed by atoms with Gasteiger partial charge in [0.15, 0.2) is 5.69 Å². The van der Waals surface area contributed by atoms with E-state index in [0.717, 1.165) is 11.3 Å². The number of carboxylic acid groups (broad SMARTS) is 1. The average molecular weight is 237 g/mol. The van der Waals surface area contributed by atoms with Crippen LogP contribution in [0.5, 0.6) is 11.5 Å². The fraction of sp³-hybridized carbons (Fsp3) is 0. The normalized spacial score (nSPS) is 10.2. The lowest BCUT2D eigenvalue weighted by molar-refractivity contribution is 0.0691. The van der Waals surface area contributed by atoms with Crippen LogP contribution in [-0.2, 0) is 0 Å². The van der Waals surface area contributed by atoms with E-state index in [1.807, 2.05) is 0 Å². The lowest BCUT2D eigenvalue weighted by atomic mass is 10.2. The first-order valence-corrected chi connectivity index (χ1v) is 5.17. The highest BCUT2D eigenvalue weighted by Crippen LogP contribution is 2.33. The van der Waals surface area contributed by atoms with E-state index in [4.69, 9.17) is 10.2 Å². The summed E-state index contributed by atoms with van der Waals surface area (Å²) in [7, 11) is 0. The molecule has 0 bridgehead atoms. The second-order valence-corrected chi connectivity index (χ2v) is 3.90. The standard InChI is InChI=1S/C10H7NO4S/c12-5-1-2-6(8(13)3-5)9-11-7(4-16-9)10(14)15/h1-4,12-13H,(H,14,15). The third-order valence-electron chi connectivity index (χ3n) is 1.94. The maximum Gasteiger partial charge on any atom is 0.355 e. The van der Waals surface area contributed by atoms with E-state index in [9.17, 15) is 9.90 Å². The van der Waals surface area contributed by atoms with Crippen molar-refractivity contribution in [2.45, 2.75) is 0 Å². The second kappa shape index (κ2) is 3.82. The van der Waals surface area contributed by atoms with Gasteiger partial charge in [-0.15, -0.1) is 11.3 Å². The molecule has 5 nitrogen and oxygen atoms in total. The fourth-order valence-corrected chi connectivity index (χ4v) is 2.02. The van der Waals surface area contributed by atoms with Crippen molar-refractivity contribution in [1.82, 2.24) is 4.98 Å². The van der Waals surface area contributed by atoms with Crippen molar-refractivity contribution >= 4 is 17.3 Å². The highest BCUT2D eigenvalue weighted by molar-refractivity contribution is 7.13. The summed E-state index contributed by atoms with van der Waals surface area (Å²) in [4.78, 5) is 14.5. The van der Waals surface area contributed by atoms with Crippen LogP contribution in [0.1, 0.15) is 10.5 Å². The molecule has 3 N–H and O–H groups in total. The minimum absolute atomic E-state index is 0.0590. The molecule has 6 heteroatoms. The van der Waals surface area contributed by atoms with Crippen LogP contribution in [-0.4, -0.2) is 26.3 Å². The van der Waals surface area contributed by atoms with E-state index in [1.165, 1.54) is 23.6 Å². The van der Waals surface area contributed by atoms with Crippen molar-refractivity contribution in [3.05, 3.63) is 29.3 Å². The number of aromatic hydroxyl groups is 2. The predicted molar refractivity (Wildman–Crippen MR) is 57.8 cm³/mol. The summed E-state index contributed by atoms with van der Waals surface area (Å²) in [5.74, 6) is -1.30. The van der Waals surface area contributed by atoms with Crippen molar-refractivity contribution < 1.29 is 20.1 Å². The van der Waals surface area contributed by atoms with Crippen LogP contribution in [0.4, 0.5) is 0 Å². The molecule has 1 heterocycles. The molecule has 0 aliphatic heterocycles. The Morgan fingerprint density at radius 2 is 2.06 bits per heavy atom. The molecule has 2 rings (SSSR count). The lowest BCUT2D eigenvalue weighted by Crippen LogP contribution is -1.95. The van der Waals surface area contributed by atoms with Gasteiger partial charge >= 0.3 is 5.97 Å². The third-order valence-corrected chi connectivity index (χ3v) is 2.81. The molecule has 0 saturated carbocycles. The zero-order valence-electron chi connectivity index (χ0n) is 7.91. The van der Waals surface area contributed by atoms with Crippen LogP contribution in [0, 0.1) is 0 Å². The Kier molecular flexibility index (Phi) is 2.49. The molecule has 0 amide bonds. The van der Waals surface area contributed by atoms with Gasteiger partial charge in [-0.25, -0.2) is 9.78 Å². The largest absolute Gasteiger partial charge is 0.508 e. The third kappa shape index (κ3) is 1.82. The number of benzene rings is 1. The molecule has 1 aromatic heterocycles. The van der Waals surface area contributed by atoms with Gasteiger partial charge in [0.25, 0.3) is 0 Å². The number of hydrogen-bond acceptors (Lipinski definition) is 5. The topological polar surface area (TPSA) is 90.7 Å². The molecule has 0 saturated heterocycles. The molecule has 82 valence electrons. The predicted octanol–water partition coefficient (Wildman–Crippen LogP) is 1.92. The van der Waals surface area contributed by atoms with Crippen LogP contribution in [0.3, 0.4) is 0 Å². The van der Waals surface area contributed by atoms with Gasteiger partial charge in [-0.1, -0.05) is 0 Å². The quantitative estimate of drug-likeness (QED) is 0.742. The van der Waals surface area contributed by atoms with Crippen molar-refractivity contribution in [3.63, 3.8) is 0 Å². The lowest BCUT2D eigenvalue weighted by Gasteiger charge is -2.00. The Labute approximate surface area is 94.3 Å². The molecule has 0 aliphatic rings. The zero-order chi connectivity index (χ0) is 11.7. The Balaban J connectivity index is 2.46. The number of phenolic OH excluding ortho intramolecular Hbond substituents is 2. The smallest absolute Gasteiger partial charge is 0.355 e. The molecule has 0 fully saturated rings. The van der Waals surface area contributed by atoms with Gasteiger partial charge in [0.2, 0.25) is 0 Å². The van der Waals surface area contributed by atoms with E-state index in [1.54, 1.807) is 0 Å². The summed E-state index contributed by atoms with van der Waals surface area (Å²) in [6.45, 7) is 0. The van der Waals surface area contributed by atoms with Crippen LogP contribution < -0.4 is 0 Å². The Bertz CT molecular complexity index is 550.